The molecule has 0 aromatic carbocycles. The standard InChI is InChI=1S/C42H67NO10/c1-9-31-20-25(3)18-24(2)19-26(4)36-16-13-28(6)42(50,53-36)39(47)40(48)43-17-11-10-12-32(43)41(49)52-38(29(7)34(45)23-35(31)46)27(5)21-30-14-15-33(44)37(22-30)51-8/h20-21,24,26,28-34,36-38,44-45,50H,9-19,22-23H2,1-8H3/b25-20+,27-21+/t24-,26-,28+,29+,30-,31+,32?,33+,34-,36-,37+,38+,42+/m0/s1. The van der Waals surface area contributed by atoms with Crippen LogP contribution in [0.1, 0.15) is 126 Å². The highest BCUT2D eigenvalue weighted by Crippen LogP contribution is 2.39. The molecule has 2 saturated heterocycles. The summed E-state index contributed by atoms with van der Waals surface area (Å²) in [6.07, 6.45) is 7.04. The van der Waals surface area contributed by atoms with Crippen molar-refractivity contribution in [2.75, 3.05) is 13.7 Å². The molecule has 300 valence electrons. The number of Topliss-reactive ketones (excluding diaryl/α,β-unsaturated/α-hetero) is 2. The number of rotatable bonds is 4. The SMILES string of the molecule is CC[C@@H]1/C=C(\C)C[C@H](C)C[C@H](C)[C@@H]2CC[C@@H](C)[C@@](O)(O2)C(=O)C(=O)N2CCCCC2C(=O)O[C@H](/C(C)=C/[C@@H]2CC[C@@H](O)[C@H](OC)C2)[C@H](C)[C@@H](O)CC1=O. The van der Waals surface area contributed by atoms with Crippen molar-refractivity contribution in [2.24, 2.45) is 35.5 Å². The average Bonchev–Trinajstić information content (AvgIpc) is 3.12. The lowest BCUT2D eigenvalue weighted by Crippen LogP contribution is -2.61. The van der Waals surface area contributed by atoms with Gasteiger partial charge in [0.1, 0.15) is 17.9 Å². The third-order valence-electron chi connectivity index (χ3n) is 12.6. The number of carbonyl (C=O) groups excluding carboxylic acids is 4. The van der Waals surface area contributed by atoms with Gasteiger partial charge in [0.25, 0.3) is 11.7 Å². The highest BCUT2D eigenvalue weighted by molar-refractivity contribution is 6.39. The third-order valence-corrected chi connectivity index (χ3v) is 12.6. The third kappa shape index (κ3) is 10.5. The van der Waals surface area contributed by atoms with Crippen molar-refractivity contribution in [1.29, 1.82) is 0 Å². The molecule has 3 heterocycles. The lowest BCUT2D eigenvalue weighted by Gasteiger charge is -2.44. The van der Waals surface area contributed by atoms with E-state index >= 15 is 0 Å². The zero-order valence-corrected chi connectivity index (χ0v) is 33.4. The Morgan fingerprint density at radius 1 is 0.981 bits per heavy atom. The summed E-state index contributed by atoms with van der Waals surface area (Å²) in [4.78, 5) is 57.2. The fourth-order valence-corrected chi connectivity index (χ4v) is 9.25. The fraction of sp³-hybridized carbons (Fsp3) is 0.810. The molecule has 11 heteroatoms. The number of aliphatic hydroxyl groups excluding tert-OH is 2. The summed E-state index contributed by atoms with van der Waals surface area (Å²) in [5.41, 5.74) is 1.76. The van der Waals surface area contributed by atoms with Gasteiger partial charge in [-0.2, -0.15) is 0 Å². The van der Waals surface area contributed by atoms with Gasteiger partial charge in [0, 0.05) is 37.8 Å². The predicted molar refractivity (Wildman–Crippen MR) is 200 cm³/mol. The van der Waals surface area contributed by atoms with Crippen LogP contribution in [-0.4, -0.2) is 99.7 Å². The quantitative estimate of drug-likeness (QED) is 0.191. The first-order valence-corrected chi connectivity index (χ1v) is 20.2. The van der Waals surface area contributed by atoms with E-state index in [-0.39, 0.29) is 54.9 Å². The minimum atomic E-state index is -2.32. The Morgan fingerprint density at radius 3 is 2.38 bits per heavy atom. The second-order valence-electron chi connectivity index (χ2n) is 17.0. The second kappa shape index (κ2) is 18.9. The van der Waals surface area contributed by atoms with Gasteiger partial charge in [-0.25, -0.2) is 4.79 Å². The zero-order valence-electron chi connectivity index (χ0n) is 33.4. The Labute approximate surface area is 316 Å². The van der Waals surface area contributed by atoms with Gasteiger partial charge in [-0.1, -0.05) is 52.3 Å². The number of allylic oxidation sites excluding steroid dienone is 3. The summed E-state index contributed by atoms with van der Waals surface area (Å²) >= 11 is 0. The van der Waals surface area contributed by atoms with E-state index in [1.807, 2.05) is 39.8 Å². The average molecular weight is 746 g/mol. The summed E-state index contributed by atoms with van der Waals surface area (Å²) < 4.78 is 18.0. The number of fused-ring (bicyclic) bond motifs is 3. The summed E-state index contributed by atoms with van der Waals surface area (Å²) in [6.45, 7) is 13.6. The van der Waals surface area contributed by atoms with Crippen molar-refractivity contribution in [3.05, 3.63) is 23.3 Å². The molecule has 13 atom stereocenters. The van der Waals surface area contributed by atoms with Crippen LogP contribution in [0.15, 0.2) is 23.3 Å². The molecule has 0 aromatic heterocycles. The van der Waals surface area contributed by atoms with Crippen LogP contribution < -0.4 is 0 Å². The van der Waals surface area contributed by atoms with Crippen LogP contribution in [0, 0.1) is 35.5 Å². The zero-order chi connectivity index (χ0) is 39.2. The largest absolute Gasteiger partial charge is 0.456 e. The van der Waals surface area contributed by atoms with Crippen LogP contribution in [0.4, 0.5) is 0 Å². The molecule has 0 radical (unpaired) electrons. The first-order valence-electron chi connectivity index (χ1n) is 20.2. The van der Waals surface area contributed by atoms with Crippen LogP contribution >= 0.6 is 0 Å². The second-order valence-corrected chi connectivity index (χ2v) is 17.0. The Hall–Kier alpha value is -2.44. The first-order chi connectivity index (χ1) is 25.0. The number of esters is 1. The summed E-state index contributed by atoms with van der Waals surface area (Å²) in [5.74, 6) is -6.59. The van der Waals surface area contributed by atoms with Gasteiger partial charge in [0.2, 0.25) is 5.79 Å². The number of carbonyl (C=O) groups is 4. The number of nitrogens with zero attached hydrogens (tertiary/aromatic N) is 1. The topological polar surface area (TPSA) is 160 Å². The molecule has 4 rings (SSSR count). The van der Waals surface area contributed by atoms with E-state index in [0.717, 1.165) is 18.4 Å². The van der Waals surface area contributed by atoms with Gasteiger partial charge < -0.3 is 34.4 Å². The highest BCUT2D eigenvalue weighted by Gasteiger charge is 2.53. The number of aliphatic hydroxyl groups is 3. The summed E-state index contributed by atoms with van der Waals surface area (Å²) in [6, 6.07) is -1.08. The van der Waals surface area contributed by atoms with Crippen LogP contribution in [0.3, 0.4) is 0 Å². The summed E-state index contributed by atoms with van der Waals surface area (Å²) in [5, 5.41) is 33.8. The van der Waals surface area contributed by atoms with Gasteiger partial charge in [-0.3, -0.25) is 14.4 Å². The van der Waals surface area contributed by atoms with Crippen molar-refractivity contribution in [3.8, 4) is 0 Å². The van der Waals surface area contributed by atoms with Gasteiger partial charge in [0.05, 0.1) is 24.4 Å². The first kappa shape index (κ1) is 43.3. The predicted octanol–water partition coefficient (Wildman–Crippen LogP) is 5.47. The number of hydrogen-bond acceptors (Lipinski definition) is 10. The van der Waals surface area contributed by atoms with Crippen molar-refractivity contribution >= 4 is 23.4 Å². The van der Waals surface area contributed by atoms with Crippen LogP contribution in [0.25, 0.3) is 0 Å². The van der Waals surface area contributed by atoms with Crippen molar-refractivity contribution in [2.45, 2.75) is 168 Å². The highest BCUT2D eigenvalue weighted by atomic mass is 16.6. The van der Waals surface area contributed by atoms with E-state index in [4.69, 9.17) is 14.2 Å². The Bertz CT molecular complexity index is 1360. The number of ketones is 2. The lowest BCUT2D eigenvalue weighted by molar-refractivity contribution is -0.270. The Morgan fingerprint density at radius 2 is 1.70 bits per heavy atom. The number of ether oxygens (including phenoxy) is 3. The molecule has 4 aliphatic rings. The molecule has 1 saturated carbocycles. The number of hydrogen-bond donors (Lipinski definition) is 3. The molecular formula is C42H67NO10. The van der Waals surface area contributed by atoms with Crippen molar-refractivity contribution in [3.63, 3.8) is 0 Å². The maximum absolute atomic E-state index is 14.2. The molecular weight excluding hydrogens is 678 g/mol. The smallest absolute Gasteiger partial charge is 0.329 e. The molecule has 3 aliphatic heterocycles. The van der Waals surface area contributed by atoms with Crippen molar-refractivity contribution < 1.29 is 48.7 Å². The molecule has 11 nitrogen and oxygen atoms in total. The van der Waals surface area contributed by atoms with E-state index < -0.39 is 65.7 Å². The van der Waals surface area contributed by atoms with E-state index in [1.165, 1.54) is 4.90 Å². The minimum Gasteiger partial charge on any atom is -0.456 e. The monoisotopic (exact) mass is 745 g/mol. The molecule has 2 bridgehead atoms. The molecule has 3 N–H and O–H groups in total. The van der Waals surface area contributed by atoms with Crippen LogP contribution in [0.2, 0.25) is 0 Å². The number of piperidine rings is 1. The van der Waals surface area contributed by atoms with Crippen molar-refractivity contribution in [1.82, 2.24) is 4.90 Å². The molecule has 3 fully saturated rings. The molecule has 1 unspecified atom stereocenters. The Balaban J connectivity index is 1.73. The van der Waals surface area contributed by atoms with E-state index in [9.17, 15) is 34.5 Å². The minimum absolute atomic E-state index is 0.0147. The maximum atomic E-state index is 14.2. The molecule has 0 spiro atoms. The number of cyclic esters (lactones) is 1. The molecule has 53 heavy (non-hydrogen) atoms. The van der Waals surface area contributed by atoms with Crippen LogP contribution in [-0.2, 0) is 33.4 Å². The lowest BCUT2D eigenvalue weighted by atomic mass is 9.81. The maximum Gasteiger partial charge on any atom is 0.329 e. The Kier molecular flexibility index (Phi) is 15.5. The van der Waals surface area contributed by atoms with Gasteiger partial charge in [-0.05, 0) is 108 Å². The normalized spacial score (nSPS) is 41.8. The summed E-state index contributed by atoms with van der Waals surface area (Å²) in [7, 11) is 1.57. The molecule has 0 aromatic rings. The van der Waals surface area contributed by atoms with Gasteiger partial charge >= 0.3 is 5.97 Å². The van der Waals surface area contributed by atoms with E-state index in [1.54, 1.807) is 21.0 Å². The molecule has 1 aliphatic carbocycles. The van der Waals surface area contributed by atoms with Crippen LogP contribution in [0.5, 0.6) is 0 Å². The molecule has 1 amide bonds. The fourth-order valence-electron chi connectivity index (χ4n) is 9.25. The van der Waals surface area contributed by atoms with E-state index in [0.29, 0.717) is 56.9 Å². The number of amides is 1. The van der Waals surface area contributed by atoms with Gasteiger partial charge in [-0.15, -0.1) is 0 Å². The van der Waals surface area contributed by atoms with Gasteiger partial charge in [0.15, 0.2) is 0 Å². The van der Waals surface area contributed by atoms with E-state index in [2.05, 4.69) is 6.92 Å². The number of methoxy groups -OCH3 is 1.